The van der Waals surface area contributed by atoms with E-state index in [1.165, 1.54) is 5.56 Å². The molecule has 0 aliphatic heterocycles. The molecule has 104 valence electrons. The van der Waals surface area contributed by atoms with Crippen molar-refractivity contribution in [2.45, 2.75) is 26.4 Å². The first-order valence-electron chi connectivity index (χ1n) is 6.65. The number of Topliss-reactive ketones (excluding diaryl/α,β-unsaturated/α-hetero) is 1. The molecule has 1 unspecified atom stereocenters. The lowest BCUT2D eigenvalue weighted by molar-refractivity contribution is 0.0818. The summed E-state index contributed by atoms with van der Waals surface area (Å²) >= 11 is 3.36. The summed E-state index contributed by atoms with van der Waals surface area (Å²) in [7, 11) is 0. The fourth-order valence-corrected chi connectivity index (χ4v) is 2.21. The van der Waals surface area contributed by atoms with Crippen LogP contribution in [0.2, 0.25) is 0 Å². The topological polar surface area (TPSA) is 26.3 Å². The molecule has 0 bridgehead atoms. The number of benzene rings is 2. The van der Waals surface area contributed by atoms with Gasteiger partial charge in [0.15, 0.2) is 6.10 Å². The second kappa shape index (κ2) is 6.71. The summed E-state index contributed by atoms with van der Waals surface area (Å²) in [5.74, 6) is 0.724. The van der Waals surface area contributed by atoms with Gasteiger partial charge in [0.25, 0.3) is 0 Å². The minimum atomic E-state index is -0.497. The Balaban J connectivity index is 2.09. The number of rotatable bonds is 5. The van der Waals surface area contributed by atoms with E-state index in [0.717, 1.165) is 16.6 Å². The fraction of sp³-hybridized carbons (Fsp3) is 0.235. The minimum absolute atomic E-state index is 0.0144. The molecular weight excluding hydrogens is 316 g/mol. The molecule has 3 heteroatoms. The van der Waals surface area contributed by atoms with E-state index in [0.29, 0.717) is 5.56 Å². The maximum atomic E-state index is 12.3. The molecule has 2 nitrogen and oxygen atoms in total. The quantitative estimate of drug-likeness (QED) is 0.744. The Morgan fingerprint density at radius 2 is 1.90 bits per heavy atom. The van der Waals surface area contributed by atoms with E-state index in [2.05, 4.69) is 22.9 Å². The number of aryl methyl sites for hydroxylation is 1. The summed E-state index contributed by atoms with van der Waals surface area (Å²) in [5, 5.41) is 0. The van der Waals surface area contributed by atoms with Gasteiger partial charge in [0, 0.05) is 10.0 Å². The summed E-state index contributed by atoms with van der Waals surface area (Å²) in [5.41, 5.74) is 1.86. The molecule has 0 radical (unpaired) electrons. The lowest BCUT2D eigenvalue weighted by Crippen LogP contribution is -2.23. The average Bonchev–Trinajstić information content (AvgIpc) is 2.47. The maximum absolute atomic E-state index is 12.3. The third kappa shape index (κ3) is 3.70. The molecular formula is C17H17BrO2. The van der Waals surface area contributed by atoms with Gasteiger partial charge in [0.1, 0.15) is 5.75 Å². The number of halogens is 1. The summed E-state index contributed by atoms with van der Waals surface area (Å²) < 4.78 is 6.70. The van der Waals surface area contributed by atoms with Crippen LogP contribution in [0, 0.1) is 0 Å². The average molecular weight is 333 g/mol. The van der Waals surface area contributed by atoms with Gasteiger partial charge in [-0.25, -0.2) is 0 Å². The van der Waals surface area contributed by atoms with Gasteiger partial charge in [-0.2, -0.15) is 0 Å². The number of carbonyl (C=O) groups is 1. The van der Waals surface area contributed by atoms with Crippen molar-refractivity contribution in [3.63, 3.8) is 0 Å². The zero-order valence-electron chi connectivity index (χ0n) is 11.6. The van der Waals surface area contributed by atoms with Gasteiger partial charge in [-0.15, -0.1) is 0 Å². The lowest BCUT2D eigenvalue weighted by Gasteiger charge is -2.14. The summed E-state index contributed by atoms with van der Waals surface area (Å²) in [4.78, 5) is 12.3. The Kier molecular flexibility index (Phi) is 4.96. The van der Waals surface area contributed by atoms with Crippen molar-refractivity contribution in [2.24, 2.45) is 0 Å². The molecule has 0 saturated carbocycles. The van der Waals surface area contributed by atoms with Crippen molar-refractivity contribution in [3.05, 3.63) is 64.1 Å². The van der Waals surface area contributed by atoms with Crippen molar-refractivity contribution in [3.8, 4) is 5.75 Å². The number of hydrogen-bond donors (Lipinski definition) is 0. The van der Waals surface area contributed by atoms with E-state index < -0.39 is 6.10 Å². The van der Waals surface area contributed by atoms with Crippen LogP contribution in [-0.2, 0) is 6.42 Å². The van der Waals surface area contributed by atoms with Crippen molar-refractivity contribution in [1.29, 1.82) is 0 Å². The molecule has 0 amide bonds. The van der Waals surface area contributed by atoms with Gasteiger partial charge in [-0.1, -0.05) is 47.1 Å². The first-order valence-corrected chi connectivity index (χ1v) is 7.45. The monoisotopic (exact) mass is 332 g/mol. The molecule has 0 N–H and O–H groups in total. The van der Waals surface area contributed by atoms with Crippen LogP contribution in [0.25, 0.3) is 0 Å². The van der Waals surface area contributed by atoms with Crippen LogP contribution < -0.4 is 4.74 Å². The highest BCUT2D eigenvalue weighted by Gasteiger charge is 2.16. The van der Waals surface area contributed by atoms with Crippen molar-refractivity contribution in [2.75, 3.05) is 0 Å². The molecule has 20 heavy (non-hydrogen) atoms. The zero-order valence-corrected chi connectivity index (χ0v) is 13.2. The van der Waals surface area contributed by atoms with E-state index in [1.54, 1.807) is 19.1 Å². The fourth-order valence-electron chi connectivity index (χ4n) is 1.95. The number of ketones is 1. The van der Waals surface area contributed by atoms with E-state index in [-0.39, 0.29) is 5.78 Å². The molecule has 0 saturated heterocycles. The normalized spacial score (nSPS) is 11.9. The predicted octanol–water partition coefficient (Wildman–Crippen LogP) is 4.66. The van der Waals surface area contributed by atoms with Gasteiger partial charge in [0.05, 0.1) is 0 Å². The van der Waals surface area contributed by atoms with Gasteiger partial charge >= 0.3 is 0 Å². The van der Waals surface area contributed by atoms with Crippen LogP contribution in [0.15, 0.2) is 53.0 Å². The molecule has 2 rings (SSSR count). The lowest BCUT2D eigenvalue weighted by atomic mass is 10.1. The highest BCUT2D eigenvalue weighted by Crippen LogP contribution is 2.18. The molecule has 2 aromatic carbocycles. The van der Waals surface area contributed by atoms with Crippen LogP contribution in [-0.4, -0.2) is 11.9 Å². The molecule has 1 atom stereocenters. The van der Waals surface area contributed by atoms with E-state index >= 15 is 0 Å². The van der Waals surface area contributed by atoms with Gasteiger partial charge < -0.3 is 4.74 Å². The Labute approximate surface area is 127 Å². The Hall–Kier alpha value is -1.61. The third-order valence-corrected chi connectivity index (χ3v) is 3.65. The molecule has 2 aromatic rings. The smallest absolute Gasteiger partial charge is 0.202 e. The Bertz CT molecular complexity index is 590. The van der Waals surface area contributed by atoms with Gasteiger partial charge in [0.2, 0.25) is 5.78 Å². The Morgan fingerprint density at radius 1 is 1.20 bits per heavy atom. The molecule has 0 aromatic heterocycles. The van der Waals surface area contributed by atoms with E-state index in [9.17, 15) is 4.79 Å². The van der Waals surface area contributed by atoms with Gasteiger partial charge in [-0.3, -0.25) is 4.79 Å². The number of ether oxygens (including phenoxy) is 1. The van der Waals surface area contributed by atoms with Crippen LogP contribution in [0.1, 0.15) is 29.8 Å². The zero-order chi connectivity index (χ0) is 14.5. The second-order valence-electron chi connectivity index (χ2n) is 4.63. The standard InChI is InChI=1S/C17H17BrO2/c1-3-13-5-4-6-16(11-13)20-12(2)17(19)14-7-9-15(18)10-8-14/h4-12H,3H2,1-2H3. The van der Waals surface area contributed by atoms with Gasteiger partial charge in [-0.05, 0) is 43.2 Å². The Morgan fingerprint density at radius 3 is 2.55 bits per heavy atom. The molecule has 0 fully saturated rings. The van der Waals surface area contributed by atoms with Crippen LogP contribution in [0.5, 0.6) is 5.75 Å². The number of hydrogen-bond acceptors (Lipinski definition) is 2. The van der Waals surface area contributed by atoms with Crippen LogP contribution >= 0.6 is 15.9 Å². The highest BCUT2D eigenvalue weighted by molar-refractivity contribution is 9.10. The van der Waals surface area contributed by atoms with Crippen molar-refractivity contribution in [1.82, 2.24) is 0 Å². The molecule has 0 spiro atoms. The van der Waals surface area contributed by atoms with Crippen LogP contribution in [0.4, 0.5) is 0 Å². The first-order chi connectivity index (χ1) is 9.60. The predicted molar refractivity (Wildman–Crippen MR) is 84.4 cm³/mol. The van der Waals surface area contributed by atoms with E-state index in [1.807, 2.05) is 36.4 Å². The van der Waals surface area contributed by atoms with E-state index in [4.69, 9.17) is 4.74 Å². The largest absolute Gasteiger partial charge is 0.483 e. The molecule has 0 heterocycles. The third-order valence-electron chi connectivity index (χ3n) is 3.12. The van der Waals surface area contributed by atoms with Crippen molar-refractivity contribution < 1.29 is 9.53 Å². The molecule has 0 aliphatic rings. The highest BCUT2D eigenvalue weighted by atomic mass is 79.9. The second-order valence-corrected chi connectivity index (χ2v) is 5.55. The first kappa shape index (κ1) is 14.8. The summed E-state index contributed by atoms with van der Waals surface area (Å²) in [6, 6.07) is 15.2. The minimum Gasteiger partial charge on any atom is -0.483 e. The molecule has 0 aliphatic carbocycles. The maximum Gasteiger partial charge on any atom is 0.202 e. The van der Waals surface area contributed by atoms with Crippen molar-refractivity contribution >= 4 is 21.7 Å². The van der Waals surface area contributed by atoms with Crippen LogP contribution in [0.3, 0.4) is 0 Å². The summed E-state index contributed by atoms with van der Waals surface area (Å²) in [6.07, 6.45) is 0.454. The number of carbonyl (C=O) groups excluding carboxylic acids is 1. The summed E-state index contributed by atoms with van der Waals surface area (Å²) in [6.45, 7) is 3.87. The SMILES string of the molecule is CCc1cccc(OC(C)C(=O)c2ccc(Br)cc2)c1.